The Morgan fingerprint density at radius 1 is 1.12 bits per heavy atom. The molecule has 8 heteroatoms. The smallest absolute Gasteiger partial charge is 0.266 e. The van der Waals surface area contributed by atoms with Crippen LogP contribution in [0.4, 0.5) is 5.88 Å². The Kier molecular flexibility index (Phi) is 6.02. The molecule has 34 heavy (non-hydrogen) atoms. The zero-order valence-corrected chi connectivity index (χ0v) is 18.9. The number of aromatic nitrogens is 1. The second-order valence-corrected chi connectivity index (χ2v) is 8.42. The van der Waals surface area contributed by atoms with E-state index in [-0.39, 0.29) is 17.6 Å². The Labute approximate surface area is 197 Å². The van der Waals surface area contributed by atoms with Crippen LogP contribution in [0.25, 0.3) is 22.4 Å². The molecule has 0 aliphatic carbocycles. The number of nitrogens with one attached hydrogen (secondary N) is 1. The van der Waals surface area contributed by atoms with Gasteiger partial charge >= 0.3 is 0 Å². The molecule has 5 rings (SSSR count). The maximum absolute atomic E-state index is 12.7. The Balaban J connectivity index is 1.16. The van der Waals surface area contributed by atoms with Crippen LogP contribution in [0.15, 0.2) is 69.7 Å². The maximum Gasteiger partial charge on any atom is 0.266 e. The summed E-state index contributed by atoms with van der Waals surface area (Å²) in [5.74, 6) is 1.22. The fraction of sp³-hybridized carbons (Fsp3) is 0.269. The number of oxazole rings is 1. The third-order valence-electron chi connectivity index (χ3n) is 6.12. The molecule has 0 spiro atoms. The van der Waals surface area contributed by atoms with Gasteiger partial charge in [0.15, 0.2) is 5.76 Å². The van der Waals surface area contributed by atoms with Crippen LogP contribution >= 0.6 is 0 Å². The van der Waals surface area contributed by atoms with E-state index in [2.05, 4.69) is 51.6 Å². The van der Waals surface area contributed by atoms with Crippen LogP contribution in [0, 0.1) is 11.3 Å². The average molecular weight is 456 g/mol. The van der Waals surface area contributed by atoms with E-state index in [0.717, 1.165) is 10.9 Å². The molecule has 1 unspecified atom stereocenters. The van der Waals surface area contributed by atoms with E-state index < -0.39 is 0 Å². The lowest BCUT2D eigenvalue weighted by Gasteiger charge is -2.34. The number of hydrogen-bond acceptors (Lipinski definition) is 7. The van der Waals surface area contributed by atoms with Gasteiger partial charge in [0.2, 0.25) is 17.5 Å². The number of hydrogen-bond donors (Lipinski definition) is 1. The number of rotatable bonds is 6. The van der Waals surface area contributed by atoms with E-state index in [4.69, 9.17) is 8.83 Å². The SMILES string of the molecule is CC(NC(=O)CN1CCN(c2oc(-c3ccco3)nc2C#N)CC1)c1ccc2ccccc2c1. The molecule has 1 aliphatic rings. The van der Waals surface area contributed by atoms with E-state index in [1.54, 1.807) is 12.1 Å². The van der Waals surface area contributed by atoms with Crippen molar-refractivity contribution in [1.82, 2.24) is 15.2 Å². The molecule has 1 atom stereocenters. The van der Waals surface area contributed by atoms with E-state index in [1.165, 1.54) is 11.6 Å². The molecule has 1 amide bonds. The predicted octanol–water partition coefficient (Wildman–Crippen LogP) is 3.96. The molecule has 8 nitrogen and oxygen atoms in total. The number of nitrogens with zero attached hydrogens (tertiary/aromatic N) is 4. The van der Waals surface area contributed by atoms with Crippen molar-refractivity contribution in [2.75, 3.05) is 37.6 Å². The minimum atomic E-state index is -0.0780. The summed E-state index contributed by atoms with van der Waals surface area (Å²) in [7, 11) is 0. The largest absolute Gasteiger partial charge is 0.459 e. The van der Waals surface area contributed by atoms with Gasteiger partial charge in [-0.25, -0.2) is 0 Å². The van der Waals surface area contributed by atoms with Crippen LogP contribution in [0.2, 0.25) is 0 Å². The molecule has 0 saturated carbocycles. The highest BCUT2D eigenvalue weighted by Crippen LogP contribution is 2.29. The van der Waals surface area contributed by atoms with Crippen LogP contribution < -0.4 is 10.2 Å². The van der Waals surface area contributed by atoms with Gasteiger partial charge in [-0.15, -0.1) is 0 Å². The van der Waals surface area contributed by atoms with E-state index in [0.29, 0.717) is 50.3 Å². The number of amides is 1. The summed E-state index contributed by atoms with van der Waals surface area (Å²) in [6.07, 6.45) is 1.54. The third kappa shape index (κ3) is 4.51. The van der Waals surface area contributed by atoms with Gasteiger partial charge in [0.25, 0.3) is 5.89 Å². The number of piperazine rings is 1. The van der Waals surface area contributed by atoms with Gasteiger partial charge in [-0.3, -0.25) is 9.69 Å². The van der Waals surface area contributed by atoms with Gasteiger partial charge in [-0.1, -0.05) is 36.4 Å². The van der Waals surface area contributed by atoms with Crippen molar-refractivity contribution in [3.05, 3.63) is 72.1 Å². The minimum Gasteiger partial charge on any atom is -0.459 e. The Bertz CT molecular complexity index is 1330. The second-order valence-electron chi connectivity index (χ2n) is 8.42. The average Bonchev–Trinajstić information content (AvgIpc) is 3.54. The number of fused-ring (bicyclic) bond motifs is 1. The first-order chi connectivity index (χ1) is 16.6. The quantitative estimate of drug-likeness (QED) is 0.470. The summed E-state index contributed by atoms with van der Waals surface area (Å²) in [5, 5.41) is 14.9. The van der Waals surface area contributed by atoms with Crippen molar-refractivity contribution >= 4 is 22.6 Å². The van der Waals surface area contributed by atoms with Gasteiger partial charge in [-0.05, 0) is 41.5 Å². The topological polar surface area (TPSA) is 98.5 Å². The molecule has 0 radical (unpaired) electrons. The predicted molar refractivity (Wildman–Crippen MR) is 128 cm³/mol. The number of nitriles is 1. The standard InChI is InChI=1S/C26H25N5O3/c1-18(20-9-8-19-5-2-3-6-21(19)15-20)28-24(32)17-30-10-12-31(13-11-30)26-22(16-27)29-25(34-26)23-7-4-14-33-23/h2-9,14-15,18H,10-13,17H2,1H3,(H,28,32). The highest BCUT2D eigenvalue weighted by molar-refractivity contribution is 5.83. The Hall–Kier alpha value is -4.09. The minimum absolute atomic E-state index is 0.00778. The van der Waals surface area contributed by atoms with Crippen molar-refractivity contribution in [2.45, 2.75) is 13.0 Å². The molecule has 2 aromatic carbocycles. The fourth-order valence-corrected chi connectivity index (χ4v) is 4.26. The first-order valence-corrected chi connectivity index (χ1v) is 11.3. The van der Waals surface area contributed by atoms with E-state index in [9.17, 15) is 10.1 Å². The van der Waals surface area contributed by atoms with Crippen LogP contribution in [-0.4, -0.2) is 48.5 Å². The zero-order valence-electron chi connectivity index (χ0n) is 18.9. The van der Waals surface area contributed by atoms with Gasteiger partial charge in [-0.2, -0.15) is 10.2 Å². The highest BCUT2D eigenvalue weighted by Gasteiger charge is 2.26. The number of carbonyl (C=O) groups excluding carboxylic acids is 1. The molecule has 3 heterocycles. The van der Waals surface area contributed by atoms with E-state index in [1.807, 2.05) is 24.0 Å². The molecule has 1 saturated heterocycles. The zero-order chi connectivity index (χ0) is 23.5. The summed E-state index contributed by atoms with van der Waals surface area (Å²) >= 11 is 0. The lowest BCUT2D eigenvalue weighted by molar-refractivity contribution is -0.123. The maximum atomic E-state index is 12.7. The van der Waals surface area contributed by atoms with Crippen LogP contribution in [0.3, 0.4) is 0 Å². The molecule has 172 valence electrons. The monoisotopic (exact) mass is 455 g/mol. The van der Waals surface area contributed by atoms with Crippen molar-refractivity contribution in [3.8, 4) is 17.7 Å². The van der Waals surface area contributed by atoms with Crippen molar-refractivity contribution in [3.63, 3.8) is 0 Å². The second kappa shape index (κ2) is 9.41. The first kappa shape index (κ1) is 21.7. The third-order valence-corrected chi connectivity index (χ3v) is 6.12. The van der Waals surface area contributed by atoms with Crippen molar-refractivity contribution in [1.29, 1.82) is 5.26 Å². The van der Waals surface area contributed by atoms with Gasteiger partial charge in [0, 0.05) is 26.2 Å². The lowest BCUT2D eigenvalue weighted by Crippen LogP contribution is -2.49. The van der Waals surface area contributed by atoms with Gasteiger partial charge in [0.05, 0.1) is 18.8 Å². The first-order valence-electron chi connectivity index (χ1n) is 11.3. The number of benzene rings is 2. The Morgan fingerprint density at radius 3 is 2.65 bits per heavy atom. The van der Waals surface area contributed by atoms with Crippen LogP contribution in [-0.2, 0) is 4.79 Å². The molecule has 2 aromatic heterocycles. The molecule has 1 N–H and O–H groups in total. The highest BCUT2D eigenvalue weighted by atomic mass is 16.4. The van der Waals surface area contributed by atoms with Crippen molar-refractivity contribution < 1.29 is 13.6 Å². The lowest BCUT2D eigenvalue weighted by atomic mass is 10.0. The fourth-order valence-electron chi connectivity index (χ4n) is 4.26. The summed E-state index contributed by atoms with van der Waals surface area (Å²) in [5.41, 5.74) is 1.32. The number of furan rings is 1. The Morgan fingerprint density at radius 2 is 1.91 bits per heavy atom. The normalized spacial score (nSPS) is 15.2. The summed E-state index contributed by atoms with van der Waals surface area (Å²) in [6, 6.07) is 20.0. The summed E-state index contributed by atoms with van der Waals surface area (Å²) in [4.78, 5) is 21.0. The van der Waals surface area contributed by atoms with E-state index >= 15 is 0 Å². The van der Waals surface area contributed by atoms with Crippen LogP contribution in [0.5, 0.6) is 0 Å². The summed E-state index contributed by atoms with van der Waals surface area (Å²) in [6.45, 7) is 4.96. The van der Waals surface area contributed by atoms with Gasteiger partial charge < -0.3 is 19.1 Å². The molecule has 4 aromatic rings. The molecular weight excluding hydrogens is 430 g/mol. The van der Waals surface area contributed by atoms with Crippen molar-refractivity contribution in [2.24, 2.45) is 0 Å². The summed E-state index contributed by atoms with van der Waals surface area (Å²) < 4.78 is 11.2. The molecule has 1 fully saturated rings. The van der Waals surface area contributed by atoms with Gasteiger partial charge in [0.1, 0.15) is 6.07 Å². The number of carbonyl (C=O) groups is 1. The molecule has 1 aliphatic heterocycles. The number of anilines is 1. The molecule has 0 bridgehead atoms. The molecular formula is C26H25N5O3. The van der Waals surface area contributed by atoms with Crippen LogP contribution in [0.1, 0.15) is 24.2 Å².